The molecule has 34 heavy (non-hydrogen) atoms. The summed E-state index contributed by atoms with van der Waals surface area (Å²) < 4.78 is 10.8. The zero-order chi connectivity index (χ0) is 24.6. The first-order valence-electron chi connectivity index (χ1n) is 12.0. The number of benzene rings is 2. The van der Waals surface area contributed by atoms with E-state index in [-0.39, 0.29) is 11.7 Å². The van der Waals surface area contributed by atoms with Gasteiger partial charge in [0.1, 0.15) is 0 Å². The summed E-state index contributed by atoms with van der Waals surface area (Å²) in [5.41, 5.74) is 3.64. The van der Waals surface area contributed by atoms with Gasteiger partial charge in [-0.1, -0.05) is 69.9 Å². The first-order chi connectivity index (χ1) is 16.5. The minimum atomic E-state index is -0.514. The van der Waals surface area contributed by atoms with E-state index in [0.29, 0.717) is 28.3 Å². The molecule has 1 N–H and O–H groups in total. The second-order valence-electron chi connectivity index (χ2n) is 8.18. The number of carbonyl (C=O) groups is 2. The lowest BCUT2D eigenvalue weighted by atomic mass is 10.1. The number of methoxy groups -OCH3 is 1. The SMILES string of the molecule is CCCCCCCCCCCC(=O)N/N=C/c1ccc(OC(=O)c2ccc(Cl)cc2)c(OC)c1. The third kappa shape index (κ3) is 10.4. The molecular formula is C27H35ClN2O4. The van der Waals surface area contributed by atoms with E-state index >= 15 is 0 Å². The lowest BCUT2D eigenvalue weighted by molar-refractivity contribution is -0.121. The van der Waals surface area contributed by atoms with Gasteiger partial charge in [0, 0.05) is 11.4 Å². The molecule has 0 heterocycles. The van der Waals surface area contributed by atoms with Crippen LogP contribution >= 0.6 is 11.6 Å². The largest absolute Gasteiger partial charge is 0.493 e. The number of amides is 1. The highest BCUT2D eigenvalue weighted by atomic mass is 35.5. The molecule has 0 aromatic heterocycles. The number of nitrogens with zero attached hydrogens (tertiary/aromatic N) is 1. The minimum absolute atomic E-state index is 0.0975. The van der Waals surface area contributed by atoms with Gasteiger partial charge >= 0.3 is 5.97 Å². The summed E-state index contributed by atoms with van der Waals surface area (Å²) >= 11 is 5.85. The number of carbonyl (C=O) groups excluding carboxylic acids is 2. The van der Waals surface area contributed by atoms with E-state index < -0.39 is 5.97 Å². The van der Waals surface area contributed by atoms with Crippen LogP contribution in [0.25, 0.3) is 0 Å². The number of unbranched alkanes of at least 4 members (excludes halogenated alkanes) is 8. The van der Waals surface area contributed by atoms with E-state index in [2.05, 4.69) is 17.5 Å². The van der Waals surface area contributed by atoms with Gasteiger partial charge in [0.25, 0.3) is 0 Å². The highest BCUT2D eigenvalue weighted by Gasteiger charge is 2.13. The molecule has 0 aliphatic rings. The van der Waals surface area contributed by atoms with Crippen molar-refractivity contribution in [1.29, 1.82) is 0 Å². The number of esters is 1. The first kappa shape index (κ1) is 27.4. The molecule has 0 aliphatic heterocycles. The van der Waals surface area contributed by atoms with E-state index in [4.69, 9.17) is 21.1 Å². The van der Waals surface area contributed by atoms with Gasteiger partial charge in [0.15, 0.2) is 11.5 Å². The summed E-state index contributed by atoms with van der Waals surface area (Å²) in [6.45, 7) is 2.23. The van der Waals surface area contributed by atoms with Crippen LogP contribution in [-0.4, -0.2) is 25.2 Å². The molecule has 184 valence electrons. The molecule has 0 radical (unpaired) electrons. The molecule has 0 aliphatic carbocycles. The number of hydrogen-bond acceptors (Lipinski definition) is 5. The van der Waals surface area contributed by atoms with E-state index in [1.165, 1.54) is 58.3 Å². The Morgan fingerprint density at radius 1 is 0.912 bits per heavy atom. The van der Waals surface area contributed by atoms with Crippen LogP contribution in [0, 0.1) is 0 Å². The maximum atomic E-state index is 12.3. The number of halogens is 1. The van der Waals surface area contributed by atoms with Crippen LogP contribution < -0.4 is 14.9 Å². The van der Waals surface area contributed by atoms with Crippen LogP contribution in [0.4, 0.5) is 0 Å². The lowest BCUT2D eigenvalue weighted by Crippen LogP contribution is -2.16. The van der Waals surface area contributed by atoms with Gasteiger partial charge in [-0.05, 0) is 54.4 Å². The van der Waals surface area contributed by atoms with Crippen molar-refractivity contribution in [2.45, 2.75) is 71.1 Å². The van der Waals surface area contributed by atoms with Crippen molar-refractivity contribution in [1.82, 2.24) is 5.43 Å². The third-order valence-corrected chi connectivity index (χ3v) is 5.63. The molecule has 0 spiro atoms. The maximum absolute atomic E-state index is 12.3. The Balaban J connectivity index is 1.73. The summed E-state index contributed by atoms with van der Waals surface area (Å²) in [5.74, 6) is 0.0566. The molecule has 2 aromatic rings. The van der Waals surface area contributed by atoms with Crippen molar-refractivity contribution in [2.24, 2.45) is 5.10 Å². The summed E-state index contributed by atoms with van der Waals surface area (Å²) in [5, 5.41) is 4.56. The molecule has 1 amide bonds. The van der Waals surface area contributed by atoms with Crippen LogP contribution in [-0.2, 0) is 4.79 Å². The van der Waals surface area contributed by atoms with Crippen molar-refractivity contribution in [3.63, 3.8) is 0 Å². The molecule has 2 rings (SSSR count). The Hall–Kier alpha value is -2.86. The average molecular weight is 487 g/mol. The molecule has 0 saturated carbocycles. The molecule has 0 atom stereocenters. The smallest absolute Gasteiger partial charge is 0.343 e. The standard InChI is InChI=1S/C27H35ClN2O4/c1-3-4-5-6-7-8-9-10-11-12-26(31)30-29-20-21-13-18-24(25(19-21)33-2)34-27(32)22-14-16-23(28)17-15-22/h13-20H,3-12H2,1-2H3,(H,30,31)/b29-20+. The van der Waals surface area contributed by atoms with Crippen molar-refractivity contribution in [3.05, 3.63) is 58.6 Å². The fraction of sp³-hybridized carbons (Fsp3) is 0.444. The summed E-state index contributed by atoms with van der Waals surface area (Å²) in [6, 6.07) is 11.5. The summed E-state index contributed by atoms with van der Waals surface area (Å²) in [4.78, 5) is 24.3. The molecule has 0 bridgehead atoms. The minimum Gasteiger partial charge on any atom is -0.493 e. The van der Waals surface area contributed by atoms with E-state index in [0.717, 1.165) is 12.8 Å². The zero-order valence-corrected chi connectivity index (χ0v) is 20.9. The van der Waals surface area contributed by atoms with Crippen LogP contribution in [0.1, 0.15) is 87.1 Å². The molecule has 0 saturated heterocycles. The summed E-state index contributed by atoms with van der Waals surface area (Å²) in [7, 11) is 1.49. The topological polar surface area (TPSA) is 77.0 Å². The predicted octanol–water partition coefficient (Wildman–Crippen LogP) is 6.94. The van der Waals surface area contributed by atoms with Gasteiger partial charge in [-0.3, -0.25) is 4.79 Å². The van der Waals surface area contributed by atoms with E-state index in [9.17, 15) is 9.59 Å². The number of hydrogen-bond donors (Lipinski definition) is 1. The van der Waals surface area contributed by atoms with Gasteiger partial charge in [0.2, 0.25) is 5.91 Å². The monoisotopic (exact) mass is 486 g/mol. The summed E-state index contributed by atoms with van der Waals surface area (Å²) in [6.07, 6.45) is 12.9. The molecule has 7 heteroatoms. The van der Waals surface area contributed by atoms with Gasteiger partial charge in [-0.15, -0.1) is 0 Å². The molecule has 6 nitrogen and oxygen atoms in total. The fourth-order valence-corrected chi connectivity index (χ4v) is 3.55. The van der Waals surface area contributed by atoms with Gasteiger partial charge in [-0.2, -0.15) is 5.10 Å². The van der Waals surface area contributed by atoms with E-state index in [1.54, 1.807) is 42.5 Å². The maximum Gasteiger partial charge on any atom is 0.343 e. The second-order valence-corrected chi connectivity index (χ2v) is 8.61. The van der Waals surface area contributed by atoms with Crippen LogP contribution in [0.3, 0.4) is 0 Å². The Bertz CT molecular complexity index is 929. The fourth-order valence-electron chi connectivity index (χ4n) is 3.42. The van der Waals surface area contributed by atoms with Crippen molar-refractivity contribution in [2.75, 3.05) is 7.11 Å². The number of nitrogens with one attached hydrogen (secondary N) is 1. The van der Waals surface area contributed by atoms with Gasteiger partial charge in [0.05, 0.1) is 18.9 Å². The van der Waals surface area contributed by atoms with Crippen molar-refractivity contribution < 1.29 is 19.1 Å². The van der Waals surface area contributed by atoms with Crippen molar-refractivity contribution in [3.8, 4) is 11.5 Å². The predicted molar refractivity (Wildman–Crippen MR) is 137 cm³/mol. The third-order valence-electron chi connectivity index (χ3n) is 5.38. The highest BCUT2D eigenvalue weighted by molar-refractivity contribution is 6.30. The van der Waals surface area contributed by atoms with Crippen LogP contribution in [0.5, 0.6) is 11.5 Å². The highest BCUT2D eigenvalue weighted by Crippen LogP contribution is 2.28. The number of rotatable bonds is 15. The number of ether oxygens (including phenoxy) is 2. The van der Waals surface area contributed by atoms with Crippen molar-refractivity contribution >= 4 is 29.7 Å². The van der Waals surface area contributed by atoms with Crippen LogP contribution in [0.15, 0.2) is 47.6 Å². The molecule has 0 unspecified atom stereocenters. The van der Waals surface area contributed by atoms with Gasteiger partial charge < -0.3 is 9.47 Å². The molecular weight excluding hydrogens is 452 g/mol. The second kappa shape index (κ2) is 15.9. The molecule has 0 fully saturated rings. The Morgan fingerprint density at radius 3 is 2.21 bits per heavy atom. The van der Waals surface area contributed by atoms with Gasteiger partial charge in [-0.25, -0.2) is 10.2 Å². The Morgan fingerprint density at radius 2 is 1.56 bits per heavy atom. The first-order valence-corrected chi connectivity index (χ1v) is 12.4. The average Bonchev–Trinajstić information content (AvgIpc) is 2.84. The zero-order valence-electron chi connectivity index (χ0n) is 20.1. The Labute approximate surface area is 207 Å². The van der Waals surface area contributed by atoms with E-state index in [1.807, 2.05) is 0 Å². The van der Waals surface area contributed by atoms with Crippen LogP contribution in [0.2, 0.25) is 5.02 Å². The lowest BCUT2D eigenvalue weighted by Gasteiger charge is -2.10. The Kier molecular flexibility index (Phi) is 12.8. The number of hydrazone groups is 1. The quantitative estimate of drug-likeness (QED) is 0.0972. The molecule has 2 aromatic carbocycles. The normalized spacial score (nSPS) is 10.9.